The molecule has 6 heteroatoms. The largest absolute Gasteiger partial charge is 0.328 e. The van der Waals surface area contributed by atoms with Crippen molar-refractivity contribution in [2.75, 3.05) is 6.26 Å². The highest BCUT2D eigenvalue weighted by molar-refractivity contribution is 7.98. The van der Waals surface area contributed by atoms with Crippen LogP contribution >= 0.6 is 11.8 Å². The van der Waals surface area contributed by atoms with Gasteiger partial charge in [0.15, 0.2) is 0 Å². The van der Waals surface area contributed by atoms with Crippen LogP contribution in [0.5, 0.6) is 0 Å². The number of carbonyl (C=O) groups is 1. The lowest BCUT2D eigenvalue weighted by molar-refractivity contribution is 0.0639. The van der Waals surface area contributed by atoms with Crippen molar-refractivity contribution in [3.05, 3.63) is 47.7 Å². The van der Waals surface area contributed by atoms with Crippen molar-refractivity contribution in [3.8, 4) is 0 Å². The summed E-state index contributed by atoms with van der Waals surface area (Å²) in [5.74, 6) is 0.0828. The number of rotatable bonds is 2. The third-order valence-electron chi connectivity index (χ3n) is 4.55. The molecule has 0 aliphatic carbocycles. The molecule has 2 aliphatic heterocycles. The van der Waals surface area contributed by atoms with Crippen molar-refractivity contribution in [3.63, 3.8) is 0 Å². The molecule has 0 N–H and O–H groups in total. The van der Waals surface area contributed by atoms with Gasteiger partial charge in [-0.3, -0.25) is 4.79 Å². The van der Waals surface area contributed by atoms with Crippen molar-refractivity contribution < 1.29 is 4.79 Å². The second-order valence-electron chi connectivity index (χ2n) is 5.65. The summed E-state index contributed by atoms with van der Waals surface area (Å²) in [5.41, 5.74) is 2.91. The molecular weight excluding hydrogens is 296 g/mol. The van der Waals surface area contributed by atoms with Gasteiger partial charge >= 0.3 is 0 Å². The minimum absolute atomic E-state index is 0.0828. The third kappa shape index (κ3) is 2.01. The van der Waals surface area contributed by atoms with E-state index in [4.69, 9.17) is 0 Å². The van der Waals surface area contributed by atoms with E-state index in [-0.39, 0.29) is 18.0 Å². The van der Waals surface area contributed by atoms with Gasteiger partial charge in [0, 0.05) is 30.4 Å². The Labute approximate surface area is 133 Å². The fourth-order valence-electron chi connectivity index (χ4n) is 3.59. The van der Waals surface area contributed by atoms with Gasteiger partial charge in [0.25, 0.3) is 5.91 Å². The monoisotopic (exact) mass is 312 g/mol. The Balaban J connectivity index is 1.74. The van der Waals surface area contributed by atoms with Gasteiger partial charge in [-0.15, -0.1) is 11.8 Å². The predicted octanol–water partition coefficient (Wildman–Crippen LogP) is 2.50. The zero-order valence-corrected chi connectivity index (χ0v) is 13.1. The maximum Gasteiger partial charge on any atom is 0.257 e. The molecule has 112 valence electrons. The first-order valence-corrected chi connectivity index (χ1v) is 8.62. The highest BCUT2D eigenvalue weighted by atomic mass is 32.2. The second-order valence-corrected chi connectivity index (χ2v) is 6.44. The summed E-state index contributed by atoms with van der Waals surface area (Å²) in [6.45, 7) is 0. The molecule has 1 fully saturated rings. The summed E-state index contributed by atoms with van der Waals surface area (Å²) < 4.78 is 0. The van der Waals surface area contributed by atoms with Crippen molar-refractivity contribution in [2.24, 2.45) is 0 Å². The molecule has 2 aromatic heterocycles. The molecule has 2 bridgehead atoms. The Bertz CT molecular complexity index is 736. The van der Waals surface area contributed by atoms with E-state index in [2.05, 4.69) is 15.0 Å². The summed E-state index contributed by atoms with van der Waals surface area (Å²) in [7, 11) is 0. The zero-order chi connectivity index (χ0) is 15.1. The van der Waals surface area contributed by atoms with Gasteiger partial charge in [0.05, 0.1) is 17.3 Å². The highest BCUT2D eigenvalue weighted by Gasteiger charge is 2.43. The number of fused-ring (bicyclic) bond motifs is 4. The topological polar surface area (TPSA) is 59.0 Å². The van der Waals surface area contributed by atoms with Crippen LogP contribution in [0.2, 0.25) is 0 Å². The van der Waals surface area contributed by atoms with E-state index in [0.29, 0.717) is 5.56 Å². The molecule has 0 spiro atoms. The van der Waals surface area contributed by atoms with Crippen molar-refractivity contribution >= 4 is 17.7 Å². The van der Waals surface area contributed by atoms with Crippen molar-refractivity contribution in [1.29, 1.82) is 0 Å². The van der Waals surface area contributed by atoms with Gasteiger partial charge in [0.2, 0.25) is 0 Å². The number of thioether (sulfide) groups is 1. The first kappa shape index (κ1) is 13.7. The molecule has 4 rings (SSSR count). The van der Waals surface area contributed by atoms with E-state index in [0.717, 1.165) is 35.5 Å². The normalized spacial score (nSPS) is 22.5. The quantitative estimate of drug-likeness (QED) is 0.797. The highest BCUT2D eigenvalue weighted by Crippen LogP contribution is 2.43. The summed E-state index contributed by atoms with van der Waals surface area (Å²) >= 11 is 1.51. The van der Waals surface area contributed by atoms with Crippen molar-refractivity contribution in [1.82, 2.24) is 19.9 Å². The van der Waals surface area contributed by atoms with Gasteiger partial charge in [-0.1, -0.05) is 0 Å². The van der Waals surface area contributed by atoms with E-state index < -0.39 is 0 Å². The molecule has 2 unspecified atom stereocenters. The number of nitrogens with zero attached hydrogens (tertiary/aromatic N) is 4. The molecule has 2 atom stereocenters. The maximum absolute atomic E-state index is 13.1. The predicted molar refractivity (Wildman–Crippen MR) is 83.7 cm³/mol. The first-order valence-electron chi connectivity index (χ1n) is 7.40. The van der Waals surface area contributed by atoms with Gasteiger partial charge in [-0.25, -0.2) is 15.0 Å². The average Bonchev–Trinajstić information content (AvgIpc) is 2.89. The van der Waals surface area contributed by atoms with Gasteiger partial charge in [0.1, 0.15) is 11.4 Å². The van der Waals surface area contributed by atoms with Gasteiger partial charge in [-0.05, 0) is 31.2 Å². The Morgan fingerprint density at radius 2 is 2.27 bits per heavy atom. The summed E-state index contributed by atoms with van der Waals surface area (Å²) in [6.07, 6.45) is 10.0. The molecule has 5 nitrogen and oxygen atoms in total. The Morgan fingerprint density at radius 3 is 3.14 bits per heavy atom. The molecule has 22 heavy (non-hydrogen) atoms. The number of pyridine rings is 1. The van der Waals surface area contributed by atoms with E-state index in [1.807, 2.05) is 29.5 Å². The van der Waals surface area contributed by atoms with E-state index in [9.17, 15) is 4.79 Å². The van der Waals surface area contributed by atoms with Crippen LogP contribution in [0.25, 0.3) is 0 Å². The summed E-state index contributed by atoms with van der Waals surface area (Å²) in [4.78, 5) is 28.0. The standard InChI is InChI=1S/C16H16N4OS/c1-22-15-11(3-2-6-18-15)16(21)20-10-4-5-14(20)12-8-17-9-19-13(12)7-10/h2-3,6,8-10,14H,4-5,7H2,1H3. The molecule has 1 amide bonds. The number of amides is 1. The van der Waals surface area contributed by atoms with Crippen LogP contribution < -0.4 is 0 Å². The fraction of sp³-hybridized carbons (Fsp3) is 0.375. The molecule has 2 aromatic rings. The SMILES string of the molecule is CSc1ncccc1C(=O)N1C2CCC1c1cncnc1C2. The minimum atomic E-state index is 0.0828. The van der Waals surface area contributed by atoms with E-state index in [1.54, 1.807) is 12.5 Å². The van der Waals surface area contributed by atoms with E-state index >= 15 is 0 Å². The Hall–Kier alpha value is -1.95. The lowest BCUT2D eigenvalue weighted by atomic mass is 9.98. The lowest BCUT2D eigenvalue weighted by Gasteiger charge is -2.35. The van der Waals surface area contributed by atoms with Gasteiger partial charge in [-0.2, -0.15) is 0 Å². The van der Waals surface area contributed by atoms with Crippen LogP contribution in [0.3, 0.4) is 0 Å². The average molecular weight is 312 g/mol. The maximum atomic E-state index is 13.1. The van der Waals surface area contributed by atoms with Crippen LogP contribution in [0.4, 0.5) is 0 Å². The molecule has 4 heterocycles. The molecule has 0 saturated carbocycles. The number of aromatic nitrogens is 3. The number of hydrogen-bond acceptors (Lipinski definition) is 5. The third-order valence-corrected chi connectivity index (χ3v) is 5.26. The summed E-state index contributed by atoms with van der Waals surface area (Å²) in [6, 6.07) is 4.06. The number of hydrogen-bond donors (Lipinski definition) is 0. The Morgan fingerprint density at radius 1 is 1.36 bits per heavy atom. The van der Waals surface area contributed by atoms with Crippen LogP contribution in [0.1, 0.15) is 40.5 Å². The lowest BCUT2D eigenvalue weighted by Crippen LogP contribution is -2.42. The van der Waals surface area contributed by atoms with E-state index in [1.165, 1.54) is 11.8 Å². The second kappa shape index (κ2) is 5.35. The molecular formula is C16H16N4OS. The fourth-order valence-corrected chi connectivity index (χ4v) is 4.13. The number of carbonyl (C=O) groups excluding carboxylic acids is 1. The Kier molecular flexibility index (Phi) is 3.33. The van der Waals surface area contributed by atoms with Crippen LogP contribution in [0, 0.1) is 0 Å². The van der Waals surface area contributed by atoms with Gasteiger partial charge < -0.3 is 4.90 Å². The zero-order valence-electron chi connectivity index (χ0n) is 12.3. The molecule has 1 saturated heterocycles. The molecule has 0 aromatic carbocycles. The summed E-state index contributed by atoms with van der Waals surface area (Å²) in [5, 5.41) is 0.794. The van der Waals surface area contributed by atoms with Crippen LogP contribution in [-0.2, 0) is 6.42 Å². The first-order chi connectivity index (χ1) is 10.8. The van der Waals surface area contributed by atoms with Crippen LogP contribution in [-0.4, -0.2) is 38.1 Å². The van der Waals surface area contributed by atoms with Crippen LogP contribution in [0.15, 0.2) is 35.9 Å². The van der Waals surface area contributed by atoms with Crippen molar-refractivity contribution in [2.45, 2.75) is 36.4 Å². The smallest absolute Gasteiger partial charge is 0.257 e. The molecule has 0 radical (unpaired) electrons. The molecule has 2 aliphatic rings. The minimum Gasteiger partial charge on any atom is -0.328 e.